The van der Waals surface area contributed by atoms with Gasteiger partial charge in [0.05, 0.1) is 36.2 Å². The van der Waals surface area contributed by atoms with Crippen molar-refractivity contribution >= 4 is 28.2 Å². The summed E-state index contributed by atoms with van der Waals surface area (Å²) in [6.45, 7) is 5.98. The number of nitrogens with one attached hydrogen (secondary N) is 3. The third kappa shape index (κ3) is 4.85. The van der Waals surface area contributed by atoms with Crippen LogP contribution >= 0.6 is 0 Å². The van der Waals surface area contributed by atoms with Crippen molar-refractivity contribution in [2.45, 2.75) is 19.2 Å². The number of hydrogen-bond acceptors (Lipinski definition) is 9. The quantitative estimate of drug-likeness (QED) is 0.276. The third-order valence-corrected chi connectivity index (χ3v) is 6.76. The van der Waals surface area contributed by atoms with E-state index in [0.29, 0.717) is 17.5 Å². The van der Waals surface area contributed by atoms with Gasteiger partial charge in [0.2, 0.25) is 5.95 Å². The molecule has 1 fully saturated rings. The molecule has 5 rings (SSSR count). The number of benzene rings is 1. The van der Waals surface area contributed by atoms with Gasteiger partial charge in [0.15, 0.2) is 0 Å². The van der Waals surface area contributed by atoms with E-state index in [9.17, 15) is 5.11 Å². The lowest BCUT2D eigenvalue weighted by Gasteiger charge is -2.38. The van der Waals surface area contributed by atoms with Gasteiger partial charge in [-0.05, 0) is 26.1 Å². The molecule has 0 aliphatic carbocycles. The molecule has 1 aliphatic heterocycles. The van der Waals surface area contributed by atoms with Crippen LogP contribution in [0.4, 0.5) is 17.3 Å². The van der Waals surface area contributed by atoms with Crippen LogP contribution in [0.3, 0.4) is 0 Å². The van der Waals surface area contributed by atoms with Crippen LogP contribution in [-0.4, -0.2) is 92.2 Å². The molecule has 0 saturated carbocycles. The smallest absolute Gasteiger partial charge is 0.256 e. The summed E-state index contributed by atoms with van der Waals surface area (Å²) in [6.07, 6.45) is 4.77. The number of ether oxygens (including phenoxy) is 1. The number of hydrogen-bond donors (Lipinski definition) is 4. The maximum absolute atomic E-state index is 11.0. The molecule has 1 aliphatic rings. The Balaban J connectivity index is 1.36. The van der Waals surface area contributed by atoms with E-state index in [4.69, 9.17) is 9.72 Å². The average Bonchev–Trinajstić information content (AvgIpc) is 3.47. The molecule has 0 bridgehead atoms. The highest BCUT2D eigenvalue weighted by Gasteiger charge is 2.25. The minimum atomic E-state index is -0.699. The van der Waals surface area contributed by atoms with Gasteiger partial charge in [-0.1, -0.05) is 12.1 Å². The summed E-state index contributed by atoms with van der Waals surface area (Å²) < 4.78 is 6.98. The van der Waals surface area contributed by atoms with Gasteiger partial charge in [0, 0.05) is 56.6 Å². The number of likely N-dealkylation sites (N-methyl/N-ethyl adjacent to an activating group) is 1. The number of rotatable bonds is 8. The predicted octanol–water partition coefficient (Wildman–Crippen LogP) is 2.48. The number of methoxy groups -OCH3 is 1. The van der Waals surface area contributed by atoms with Gasteiger partial charge in [-0.3, -0.25) is 9.58 Å². The molecular weight excluding hydrogens is 458 g/mol. The largest absolute Gasteiger partial charge is 0.478 e. The van der Waals surface area contributed by atoms with Crippen LogP contribution in [0.2, 0.25) is 0 Å². The van der Waals surface area contributed by atoms with Gasteiger partial charge in [-0.2, -0.15) is 0 Å². The van der Waals surface area contributed by atoms with Crippen molar-refractivity contribution < 1.29 is 9.84 Å². The van der Waals surface area contributed by atoms with E-state index in [1.807, 2.05) is 43.7 Å². The molecular formula is C25H33N9O2. The normalized spacial score (nSPS) is 16.7. The second-order valence-electron chi connectivity index (χ2n) is 9.22. The lowest BCUT2D eigenvalue weighted by Crippen LogP contribution is -2.53. The zero-order valence-electron chi connectivity index (χ0n) is 21.1. The number of aliphatic hydroxyl groups is 1. The van der Waals surface area contributed by atoms with Crippen LogP contribution in [0.1, 0.15) is 6.92 Å². The number of aromatic amines is 1. The number of piperazine rings is 1. The standard InChI is InChI=1S/C25H33N9O2/c1-16(34-12-10-32(2)11-13-34)23(35)28-20-7-5-6-17-18(14-27-22(17)20)19-8-9-26-25(29-19)30-21-15-33(3)31-24(21)36-4/h5-9,14-16,23,27-28,35H,10-13H2,1-4H3,(H,26,29,30)/t16-,23?/m1/s1. The van der Waals surface area contributed by atoms with Gasteiger partial charge < -0.3 is 30.4 Å². The number of fused-ring (bicyclic) bond motifs is 1. The topological polar surface area (TPSA) is 119 Å². The monoisotopic (exact) mass is 491 g/mol. The van der Waals surface area contributed by atoms with Gasteiger partial charge in [-0.25, -0.2) is 9.97 Å². The molecule has 36 heavy (non-hydrogen) atoms. The molecule has 4 N–H and O–H groups in total. The minimum absolute atomic E-state index is 0.0108. The van der Waals surface area contributed by atoms with Crippen LogP contribution in [0, 0.1) is 0 Å². The maximum atomic E-state index is 11.0. The van der Waals surface area contributed by atoms with E-state index >= 15 is 0 Å². The molecule has 1 saturated heterocycles. The molecule has 3 aromatic heterocycles. The molecule has 0 spiro atoms. The molecule has 1 unspecified atom stereocenters. The third-order valence-electron chi connectivity index (χ3n) is 6.76. The van der Waals surface area contributed by atoms with Crippen molar-refractivity contribution in [3.63, 3.8) is 0 Å². The maximum Gasteiger partial charge on any atom is 0.256 e. The van der Waals surface area contributed by atoms with Crippen molar-refractivity contribution in [1.29, 1.82) is 0 Å². The molecule has 190 valence electrons. The number of nitrogens with zero attached hydrogens (tertiary/aromatic N) is 6. The zero-order chi connectivity index (χ0) is 25.2. The summed E-state index contributed by atoms with van der Waals surface area (Å²) in [5.74, 6) is 0.914. The second kappa shape index (κ2) is 10.1. The fraction of sp³-hybridized carbons (Fsp3) is 0.400. The van der Waals surface area contributed by atoms with Crippen molar-refractivity contribution in [3.05, 3.63) is 42.9 Å². The molecule has 0 amide bonds. The Hall–Kier alpha value is -3.67. The SMILES string of the molecule is COc1nn(C)cc1Nc1nccc(-c2c[nH]c3c(NC(O)[C@@H](C)N4CCN(C)CC4)cccc23)n1. The van der Waals surface area contributed by atoms with Gasteiger partial charge >= 0.3 is 0 Å². The summed E-state index contributed by atoms with van der Waals surface area (Å²) in [7, 11) is 5.53. The fourth-order valence-corrected chi connectivity index (χ4v) is 4.59. The van der Waals surface area contributed by atoms with Gasteiger partial charge in [0.25, 0.3) is 5.88 Å². The Bertz CT molecular complexity index is 1330. The summed E-state index contributed by atoms with van der Waals surface area (Å²) in [6, 6.07) is 7.87. The molecule has 2 atom stereocenters. The predicted molar refractivity (Wildman–Crippen MR) is 141 cm³/mol. The first-order valence-electron chi connectivity index (χ1n) is 12.1. The summed E-state index contributed by atoms with van der Waals surface area (Å²) in [5.41, 5.74) is 4.16. The average molecular weight is 492 g/mol. The highest BCUT2D eigenvalue weighted by atomic mass is 16.5. The lowest BCUT2D eigenvalue weighted by molar-refractivity contribution is 0.0458. The molecule has 11 nitrogen and oxygen atoms in total. The van der Waals surface area contributed by atoms with Crippen molar-refractivity contribution in [3.8, 4) is 17.1 Å². The molecule has 11 heteroatoms. The van der Waals surface area contributed by atoms with Crippen molar-refractivity contribution in [1.82, 2.24) is 34.5 Å². The van der Waals surface area contributed by atoms with Crippen molar-refractivity contribution in [2.75, 3.05) is 51.0 Å². The number of aliphatic hydroxyl groups excluding tert-OH is 1. The summed E-state index contributed by atoms with van der Waals surface area (Å²) in [5, 5.41) is 22.7. The number of anilines is 3. The highest BCUT2D eigenvalue weighted by molar-refractivity contribution is 6.01. The van der Waals surface area contributed by atoms with E-state index in [1.165, 1.54) is 0 Å². The number of para-hydroxylation sites is 1. The number of aryl methyl sites for hydroxylation is 1. The van der Waals surface area contributed by atoms with Crippen molar-refractivity contribution in [2.24, 2.45) is 7.05 Å². The highest BCUT2D eigenvalue weighted by Crippen LogP contribution is 2.33. The van der Waals surface area contributed by atoms with Crippen LogP contribution in [0.15, 0.2) is 42.9 Å². The number of H-pyrrole nitrogens is 1. The molecule has 0 radical (unpaired) electrons. The Kier molecular flexibility index (Phi) is 6.77. The zero-order valence-corrected chi connectivity index (χ0v) is 21.1. The molecule has 4 heterocycles. The fourth-order valence-electron chi connectivity index (χ4n) is 4.59. The molecule has 1 aromatic carbocycles. The van der Waals surface area contributed by atoms with E-state index < -0.39 is 6.23 Å². The minimum Gasteiger partial charge on any atom is -0.478 e. The van der Waals surface area contributed by atoms with E-state index in [1.54, 1.807) is 18.0 Å². The van der Waals surface area contributed by atoms with E-state index in [2.05, 4.69) is 49.5 Å². The van der Waals surface area contributed by atoms with Crippen LogP contribution in [0.25, 0.3) is 22.2 Å². The Morgan fingerprint density at radius 1 is 1.11 bits per heavy atom. The first-order chi connectivity index (χ1) is 17.4. The van der Waals surface area contributed by atoms with Gasteiger partial charge in [0.1, 0.15) is 11.9 Å². The van der Waals surface area contributed by atoms with Crippen LogP contribution < -0.4 is 15.4 Å². The van der Waals surface area contributed by atoms with E-state index in [0.717, 1.165) is 54.0 Å². The summed E-state index contributed by atoms with van der Waals surface area (Å²) in [4.78, 5) is 17.1. The first kappa shape index (κ1) is 24.0. The first-order valence-corrected chi connectivity index (χ1v) is 12.1. The second-order valence-corrected chi connectivity index (χ2v) is 9.22. The van der Waals surface area contributed by atoms with Crippen LogP contribution in [0.5, 0.6) is 5.88 Å². The Labute approximate surface area is 210 Å². The van der Waals surface area contributed by atoms with Gasteiger partial charge in [-0.15, -0.1) is 5.10 Å². The summed E-state index contributed by atoms with van der Waals surface area (Å²) >= 11 is 0. The Morgan fingerprint density at radius 3 is 2.69 bits per heavy atom. The van der Waals surface area contributed by atoms with Crippen LogP contribution in [-0.2, 0) is 7.05 Å². The lowest BCUT2D eigenvalue weighted by atomic mass is 10.1. The Morgan fingerprint density at radius 2 is 1.92 bits per heavy atom. The molecule has 4 aromatic rings. The van der Waals surface area contributed by atoms with E-state index in [-0.39, 0.29) is 6.04 Å². The number of aromatic nitrogens is 5.